The predicted molar refractivity (Wildman–Crippen MR) is 120 cm³/mol. The number of hydrogen-bond acceptors (Lipinski definition) is 2. The smallest absolute Gasteiger partial charge is 0.336 e. The molecular weight excluding hydrogens is 339 g/mol. The maximum atomic E-state index is 12.4. The van der Waals surface area contributed by atoms with E-state index < -0.39 is 7.26 Å². The van der Waals surface area contributed by atoms with E-state index in [1.165, 1.54) is 82.7 Å². The number of carbonyl (C=O) groups excluding carboxylic acids is 1. The second-order valence-electron chi connectivity index (χ2n) is 7.94. The molecule has 0 aromatic rings. The number of esters is 1. The normalized spacial score (nSPS) is 12.8. The molecule has 26 heavy (non-hydrogen) atoms. The van der Waals surface area contributed by atoms with Crippen molar-refractivity contribution in [2.24, 2.45) is 0 Å². The third-order valence-corrected chi connectivity index (χ3v) is 10.6. The fraction of sp³-hybridized carbons (Fsp3) is 0.870. The fourth-order valence-electron chi connectivity index (χ4n) is 3.60. The molecule has 0 aromatic carbocycles. The van der Waals surface area contributed by atoms with Gasteiger partial charge in [-0.1, -0.05) is 72.8 Å². The molecule has 3 heteroatoms. The Kier molecular flexibility index (Phi) is 15.5. The summed E-state index contributed by atoms with van der Waals surface area (Å²) in [5, 5.41) is 0. The van der Waals surface area contributed by atoms with Gasteiger partial charge in [0.2, 0.25) is 5.85 Å². The second kappa shape index (κ2) is 15.7. The van der Waals surface area contributed by atoms with Crippen LogP contribution in [0.5, 0.6) is 0 Å². The quantitative estimate of drug-likeness (QED) is 0.110. The van der Waals surface area contributed by atoms with Gasteiger partial charge in [0.1, 0.15) is 0 Å². The minimum absolute atomic E-state index is 0.160. The summed E-state index contributed by atoms with van der Waals surface area (Å²) in [7, 11) is -1.28. The minimum Gasteiger partial charge on any atom is -0.424 e. The number of carbonyl (C=O) groups is 1. The molecule has 0 bridgehead atoms. The van der Waals surface area contributed by atoms with Crippen molar-refractivity contribution < 1.29 is 9.53 Å². The molecule has 1 atom stereocenters. The van der Waals surface area contributed by atoms with Crippen molar-refractivity contribution in [3.05, 3.63) is 12.2 Å². The van der Waals surface area contributed by atoms with Crippen LogP contribution in [-0.2, 0) is 9.53 Å². The van der Waals surface area contributed by atoms with E-state index in [1.54, 1.807) is 6.92 Å². The summed E-state index contributed by atoms with van der Waals surface area (Å²) in [6.07, 6.45) is 17.5. The number of hydrogen-bond donors (Lipinski definition) is 0. The van der Waals surface area contributed by atoms with E-state index in [-0.39, 0.29) is 11.8 Å². The Labute approximate surface area is 164 Å². The Balaban J connectivity index is 5.48. The lowest BCUT2D eigenvalue weighted by molar-refractivity contribution is -0.141. The summed E-state index contributed by atoms with van der Waals surface area (Å²) in [4.78, 5) is 12.4. The van der Waals surface area contributed by atoms with Crippen molar-refractivity contribution in [3.63, 3.8) is 0 Å². The van der Waals surface area contributed by atoms with Crippen LogP contribution in [0.3, 0.4) is 0 Å². The first-order valence-electron chi connectivity index (χ1n) is 11.2. The SMILES string of the molecule is C=C(C)C(=O)OC(CCCCCC)[P+](CCCC)(CCCC)CCCC. The minimum atomic E-state index is -1.28. The van der Waals surface area contributed by atoms with E-state index in [4.69, 9.17) is 4.74 Å². The highest BCUT2D eigenvalue weighted by Crippen LogP contribution is 2.66. The zero-order valence-electron chi connectivity index (χ0n) is 18.4. The molecule has 0 saturated carbocycles. The van der Waals surface area contributed by atoms with Crippen LogP contribution < -0.4 is 0 Å². The third kappa shape index (κ3) is 10.1. The van der Waals surface area contributed by atoms with Gasteiger partial charge in [0.15, 0.2) is 0 Å². The van der Waals surface area contributed by atoms with Crippen molar-refractivity contribution in [1.82, 2.24) is 0 Å². The van der Waals surface area contributed by atoms with Gasteiger partial charge in [-0.15, -0.1) is 0 Å². The predicted octanol–water partition coefficient (Wildman–Crippen LogP) is 7.82. The molecule has 1 unspecified atom stereocenters. The molecule has 0 saturated heterocycles. The van der Waals surface area contributed by atoms with Crippen LogP contribution in [0.15, 0.2) is 12.2 Å². The Morgan fingerprint density at radius 3 is 1.65 bits per heavy atom. The Bertz CT molecular complexity index is 357. The Morgan fingerprint density at radius 1 is 0.808 bits per heavy atom. The van der Waals surface area contributed by atoms with Gasteiger partial charge < -0.3 is 4.74 Å². The van der Waals surface area contributed by atoms with Crippen molar-refractivity contribution in [2.75, 3.05) is 18.5 Å². The zero-order chi connectivity index (χ0) is 19.8. The lowest BCUT2D eigenvalue weighted by Gasteiger charge is -2.35. The standard InChI is InChI=1S/C23H46O2P/c1-7-11-15-16-17-22(25-23(24)21(5)6)26(18-12-8-2,19-13-9-3)20-14-10-4/h22H,5,7-20H2,1-4,6H3/q+1. The van der Waals surface area contributed by atoms with Gasteiger partial charge in [-0.2, -0.15) is 0 Å². The highest BCUT2D eigenvalue weighted by molar-refractivity contribution is 7.76. The summed E-state index contributed by atoms with van der Waals surface area (Å²) in [6, 6.07) is 0. The average molecular weight is 386 g/mol. The van der Waals surface area contributed by atoms with Crippen LogP contribution in [-0.4, -0.2) is 30.3 Å². The molecular formula is C23H46O2P+. The lowest BCUT2D eigenvalue weighted by Crippen LogP contribution is -2.28. The highest BCUT2D eigenvalue weighted by Gasteiger charge is 2.46. The van der Waals surface area contributed by atoms with Crippen LogP contribution in [0.4, 0.5) is 0 Å². The van der Waals surface area contributed by atoms with Gasteiger partial charge in [0.05, 0.1) is 25.7 Å². The van der Waals surface area contributed by atoms with Crippen molar-refractivity contribution in [3.8, 4) is 0 Å². The van der Waals surface area contributed by atoms with E-state index >= 15 is 0 Å². The third-order valence-electron chi connectivity index (χ3n) is 5.38. The summed E-state index contributed by atoms with van der Waals surface area (Å²) in [5.74, 6) is -0.00688. The van der Waals surface area contributed by atoms with Crippen molar-refractivity contribution in [2.45, 2.75) is 111 Å². The molecule has 0 N–H and O–H groups in total. The van der Waals surface area contributed by atoms with Gasteiger partial charge in [-0.05, 0) is 32.6 Å². The molecule has 154 valence electrons. The van der Waals surface area contributed by atoms with Gasteiger partial charge in [-0.25, -0.2) is 4.79 Å². The van der Waals surface area contributed by atoms with Crippen LogP contribution in [0.1, 0.15) is 105 Å². The molecule has 0 radical (unpaired) electrons. The zero-order valence-corrected chi connectivity index (χ0v) is 19.3. The number of ether oxygens (including phenoxy) is 1. The average Bonchev–Trinajstić information content (AvgIpc) is 2.63. The van der Waals surface area contributed by atoms with Crippen LogP contribution >= 0.6 is 7.26 Å². The van der Waals surface area contributed by atoms with Gasteiger partial charge in [0.25, 0.3) is 0 Å². The molecule has 2 nitrogen and oxygen atoms in total. The van der Waals surface area contributed by atoms with Crippen LogP contribution in [0.25, 0.3) is 0 Å². The monoisotopic (exact) mass is 385 g/mol. The summed E-state index contributed by atoms with van der Waals surface area (Å²) in [6.45, 7) is 14.7. The second-order valence-corrected chi connectivity index (χ2v) is 12.3. The van der Waals surface area contributed by atoms with E-state index in [1.807, 2.05) is 0 Å². The fourth-order valence-corrected chi connectivity index (χ4v) is 9.02. The molecule has 0 spiro atoms. The molecule has 0 aliphatic carbocycles. The van der Waals surface area contributed by atoms with Crippen LogP contribution in [0.2, 0.25) is 0 Å². The number of rotatable bonds is 17. The lowest BCUT2D eigenvalue weighted by atomic mass is 10.2. The molecule has 0 amide bonds. The highest BCUT2D eigenvalue weighted by atomic mass is 31.2. The largest absolute Gasteiger partial charge is 0.424 e. The van der Waals surface area contributed by atoms with Gasteiger partial charge >= 0.3 is 5.97 Å². The first kappa shape index (κ1) is 25.6. The van der Waals surface area contributed by atoms with Crippen molar-refractivity contribution in [1.29, 1.82) is 0 Å². The first-order valence-corrected chi connectivity index (χ1v) is 13.6. The van der Waals surface area contributed by atoms with E-state index in [0.29, 0.717) is 5.57 Å². The first-order chi connectivity index (χ1) is 12.5. The molecule has 0 aromatic heterocycles. The van der Waals surface area contributed by atoms with Crippen molar-refractivity contribution >= 4 is 13.2 Å². The van der Waals surface area contributed by atoms with Gasteiger partial charge in [-0.3, -0.25) is 0 Å². The number of unbranched alkanes of at least 4 members (excludes halogenated alkanes) is 6. The molecule has 0 fully saturated rings. The van der Waals surface area contributed by atoms with Gasteiger partial charge in [0, 0.05) is 12.0 Å². The Morgan fingerprint density at radius 2 is 1.27 bits per heavy atom. The molecule has 0 aliphatic rings. The summed E-state index contributed by atoms with van der Waals surface area (Å²) >= 11 is 0. The summed E-state index contributed by atoms with van der Waals surface area (Å²) in [5.41, 5.74) is 0.545. The van der Waals surface area contributed by atoms with E-state index in [2.05, 4.69) is 34.3 Å². The van der Waals surface area contributed by atoms with Crippen LogP contribution in [0, 0.1) is 0 Å². The maximum absolute atomic E-state index is 12.4. The maximum Gasteiger partial charge on any atom is 0.336 e. The topological polar surface area (TPSA) is 26.3 Å². The Hall–Kier alpha value is -0.360. The van der Waals surface area contributed by atoms with E-state index in [9.17, 15) is 4.79 Å². The van der Waals surface area contributed by atoms with E-state index in [0.717, 1.165) is 6.42 Å². The molecule has 0 rings (SSSR count). The molecule has 0 aliphatic heterocycles. The molecule has 0 heterocycles. The summed E-state index contributed by atoms with van der Waals surface area (Å²) < 4.78 is 6.16.